The number of halogens is 15. The van der Waals surface area contributed by atoms with Crippen molar-refractivity contribution in [1.82, 2.24) is 9.13 Å². The molecule has 0 aliphatic carbocycles. The maximum Gasteiger partial charge on any atom is 0.417 e. The highest BCUT2D eigenvalue weighted by Gasteiger charge is 2.40. The van der Waals surface area contributed by atoms with Crippen LogP contribution < -0.4 is 0 Å². The van der Waals surface area contributed by atoms with Gasteiger partial charge in [0.1, 0.15) is 0 Å². The van der Waals surface area contributed by atoms with Crippen molar-refractivity contribution in [2.24, 2.45) is 0 Å². The van der Waals surface area contributed by atoms with Gasteiger partial charge < -0.3 is 9.13 Å². The Balaban J connectivity index is 1.07. The predicted molar refractivity (Wildman–Crippen MR) is 311 cm³/mol. The van der Waals surface area contributed by atoms with E-state index in [1.54, 1.807) is 77.6 Å². The Morgan fingerprint density at radius 3 is 1.02 bits per heavy atom. The van der Waals surface area contributed by atoms with Crippen molar-refractivity contribution in [2.75, 3.05) is 0 Å². The van der Waals surface area contributed by atoms with Crippen LogP contribution in [0.15, 0.2) is 182 Å². The fourth-order valence-electron chi connectivity index (χ4n) is 12.1. The smallest absolute Gasteiger partial charge is 0.309 e. The maximum atomic E-state index is 15.6. The van der Waals surface area contributed by atoms with Gasteiger partial charge in [0.05, 0.1) is 49.9 Å². The van der Waals surface area contributed by atoms with Gasteiger partial charge in [0.15, 0.2) is 0 Å². The topological polar surface area (TPSA) is 9.86 Å². The van der Waals surface area contributed by atoms with Crippen molar-refractivity contribution in [3.8, 4) is 67.0 Å². The quantitative estimate of drug-likeness (QED) is 0.141. The van der Waals surface area contributed by atoms with Gasteiger partial charge in [0.25, 0.3) is 0 Å². The number of nitrogens with zero attached hydrogens (tertiary/aromatic N) is 2. The first-order valence-electron chi connectivity index (χ1n) is 27.1. The lowest BCUT2D eigenvalue weighted by Gasteiger charge is -2.19. The molecular formula is C70H45F15N2. The van der Waals surface area contributed by atoms with E-state index in [1.807, 2.05) is 50.2 Å². The molecule has 0 spiro atoms. The molecule has 0 saturated heterocycles. The molecule has 0 unspecified atom stereocenters. The van der Waals surface area contributed by atoms with Crippen LogP contribution in [0.25, 0.3) is 111 Å². The van der Waals surface area contributed by atoms with Gasteiger partial charge >= 0.3 is 30.9 Å². The fourth-order valence-corrected chi connectivity index (χ4v) is 12.1. The molecule has 12 aromatic rings. The van der Waals surface area contributed by atoms with Crippen LogP contribution in [0.1, 0.15) is 55.6 Å². The summed E-state index contributed by atoms with van der Waals surface area (Å²) in [4.78, 5) is 0. The zero-order chi connectivity index (χ0) is 62.2. The van der Waals surface area contributed by atoms with Gasteiger partial charge in [-0.2, -0.15) is 65.9 Å². The van der Waals surface area contributed by atoms with Crippen molar-refractivity contribution in [3.63, 3.8) is 0 Å². The third kappa shape index (κ3) is 10.4. The average molecular weight is 1200 g/mol. The van der Waals surface area contributed by atoms with Crippen LogP contribution in [0.2, 0.25) is 0 Å². The summed E-state index contributed by atoms with van der Waals surface area (Å²) in [5.41, 5.74) is 1.04. The summed E-state index contributed by atoms with van der Waals surface area (Å²) in [7, 11) is 0. The number of alkyl halides is 15. The predicted octanol–water partition coefficient (Wildman–Crippen LogP) is 22.9. The highest BCUT2D eigenvalue weighted by Crippen LogP contribution is 2.48. The van der Waals surface area contributed by atoms with E-state index in [0.29, 0.717) is 66.5 Å². The van der Waals surface area contributed by atoms with Crippen molar-refractivity contribution in [1.29, 1.82) is 0 Å². The molecule has 2 nitrogen and oxygen atoms in total. The molecule has 0 saturated carbocycles. The molecule has 0 atom stereocenters. The van der Waals surface area contributed by atoms with Gasteiger partial charge in [-0.3, -0.25) is 0 Å². The molecule has 0 amide bonds. The highest BCUT2D eigenvalue weighted by molar-refractivity contribution is 6.13. The highest BCUT2D eigenvalue weighted by atomic mass is 19.4. The van der Waals surface area contributed by atoms with Crippen molar-refractivity contribution >= 4 is 43.6 Å². The molecule has 17 heteroatoms. The number of aryl methyl sites for hydroxylation is 5. The van der Waals surface area contributed by atoms with E-state index in [0.717, 1.165) is 52.6 Å². The van der Waals surface area contributed by atoms with Crippen LogP contribution in [0, 0.1) is 34.6 Å². The van der Waals surface area contributed by atoms with E-state index in [-0.39, 0.29) is 56.2 Å². The number of benzene rings is 10. The third-order valence-corrected chi connectivity index (χ3v) is 16.2. The van der Waals surface area contributed by atoms with Crippen LogP contribution in [0.5, 0.6) is 0 Å². The van der Waals surface area contributed by atoms with Gasteiger partial charge in [0.2, 0.25) is 0 Å². The normalized spacial score (nSPS) is 12.8. The van der Waals surface area contributed by atoms with E-state index < -0.39 is 64.3 Å². The minimum atomic E-state index is -5.25. The Morgan fingerprint density at radius 1 is 0.241 bits per heavy atom. The number of hydrogen-bond acceptors (Lipinski definition) is 0. The summed E-state index contributed by atoms with van der Waals surface area (Å²) >= 11 is 0. The Hall–Kier alpha value is -9.25. The summed E-state index contributed by atoms with van der Waals surface area (Å²) < 4.78 is 221. The maximum absolute atomic E-state index is 15.6. The minimum absolute atomic E-state index is 0.0230. The lowest BCUT2D eigenvalue weighted by atomic mass is 9.94. The first-order valence-corrected chi connectivity index (χ1v) is 27.1. The third-order valence-electron chi connectivity index (χ3n) is 16.2. The SMILES string of the molecule is Cc1ccc(-c2ccc3c(c2)c2cc(-c4ccc(C)cc4C(F)(F)F)ccc2n3-c2ccc(C(F)(F)F)c(-c3cc(-n4c5ccc(-c6ccc(C(F)(F)F)cc6C)cc5c5cc(-c6ccc(C(F)(F)F)cc6C(F)(F)F)ccc54)ccc3C)c2)c(C)c1. The fraction of sp³-hybridized carbons (Fsp3) is 0.143. The first kappa shape index (κ1) is 58.1. The number of hydrogen-bond donors (Lipinski definition) is 0. The van der Waals surface area contributed by atoms with Crippen LogP contribution >= 0.6 is 0 Å². The number of aromatic nitrogens is 2. The van der Waals surface area contributed by atoms with E-state index >= 15 is 13.2 Å². The second-order valence-corrected chi connectivity index (χ2v) is 22.0. The van der Waals surface area contributed by atoms with Crippen molar-refractivity contribution < 1.29 is 65.9 Å². The molecular weight excluding hydrogens is 1150 g/mol. The summed E-state index contributed by atoms with van der Waals surface area (Å²) in [6, 6.07) is 42.2. The van der Waals surface area contributed by atoms with Gasteiger partial charge in [-0.25, -0.2) is 0 Å². The average Bonchev–Trinajstić information content (AvgIpc) is 1.63. The molecule has 0 bridgehead atoms. The molecule has 440 valence electrons. The molecule has 87 heavy (non-hydrogen) atoms. The Bertz CT molecular complexity index is 4790. The molecule has 0 aliphatic rings. The number of fused-ring (bicyclic) bond motifs is 6. The van der Waals surface area contributed by atoms with E-state index in [9.17, 15) is 52.7 Å². The first-order chi connectivity index (χ1) is 40.8. The van der Waals surface area contributed by atoms with Crippen molar-refractivity contribution in [3.05, 3.63) is 238 Å². The van der Waals surface area contributed by atoms with Gasteiger partial charge in [-0.15, -0.1) is 0 Å². The lowest BCUT2D eigenvalue weighted by Crippen LogP contribution is -2.12. The molecule has 2 heterocycles. The Labute approximate surface area is 487 Å². The van der Waals surface area contributed by atoms with Gasteiger partial charge in [0, 0.05) is 32.9 Å². The Morgan fingerprint density at radius 2 is 0.598 bits per heavy atom. The summed E-state index contributed by atoms with van der Waals surface area (Å²) in [5, 5.41) is 1.69. The molecule has 0 fully saturated rings. The second kappa shape index (κ2) is 20.4. The van der Waals surface area contributed by atoms with Crippen LogP contribution in [-0.4, -0.2) is 9.13 Å². The van der Waals surface area contributed by atoms with Crippen LogP contribution in [0.3, 0.4) is 0 Å². The van der Waals surface area contributed by atoms with E-state index in [4.69, 9.17) is 0 Å². The largest absolute Gasteiger partial charge is 0.417 e. The summed E-state index contributed by atoms with van der Waals surface area (Å²) in [5.74, 6) is 0. The van der Waals surface area contributed by atoms with Crippen LogP contribution in [0.4, 0.5) is 65.9 Å². The van der Waals surface area contributed by atoms with E-state index in [1.165, 1.54) is 55.5 Å². The zero-order valence-corrected chi connectivity index (χ0v) is 46.4. The van der Waals surface area contributed by atoms with Gasteiger partial charge in [-0.05, 0) is 216 Å². The van der Waals surface area contributed by atoms with E-state index in [2.05, 4.69) is 0 Å². The van der Waals surface area contributed by atoms with Crippen LogP contribution in [-0.2, 0) is 30.9 Å². The van der Waals surface area contributed by atoms with Crippen molar-refractivity contribution in [2.45, 2.75) is 65.5 Å². The number of rotatable bonds is 7. The Kier molecular flexibility index (Phi) is 13.7. The lowest BCUT2D eigenvalue weighted by molar-refractivity contribution is -0.143. The molecule has 0 radical (unpaired) electrons. The molecule has 0 aliphatic heterocycles. The van der Waals surface area contributed by atoms with Gasteiger partial charge in [-0.1, -0.05) is 83.9 Å². The molecule has 12 rings (SSSR count). The minimum Gasteiger partial charge on any atom is -0.309 e. The zero-order valence-electron chi connectivity index (χ0n) is 46.4. The second-order valence-electron chi connectivity index (χ2n) is 22.0. The molecule has 10 aromatic carbocycles. The molecule has 2 aromatic heterocycles. The summed E-state index contributed by atoms with van der Waals surface area (Å²) in [6.45, 7) is 8.55. The monoisotopic (exact) mass is 1200 g/mol. The summed E-state index contributed by atoms with van der Waals surface area (Å²) in [6.07, 6.45) is -24.7. The molecule has 0 N–H and O–H groups in total. The standard InChI is InChI=1S/C70H45F15N2/c1-36-6-17-49(39(4)26-36)41-9-22-63-55(29-41)57-31-43(51-18-7-37(2)27-60(51)69(80,81)82)11-24-65(57)87(63)48-16-21-59(68(77,78)79)54(35-48)53-34-47(15-8-38(53)3)86-62-23-10-42(50-19-13-45(28-40(50)5)66(71,72)73)30-56(62)58-32-44(12-25-64(58)86)52-20-14-46(67(74,75)76)33-61(52)70(83,84)85/h6-35H,1-5H3.